The Bertz CT molecular complexity index is 652. The van der Waals surface area contributed by atoms with E-state index in [0.29, 0.717) is 16.9 Å². The minimum atomic E-state index is -0.801. The Balaban J connectivity index is 2.14. The van der Waals surface area contributed by atoms with E-state index in [1.54, 1.807) is 37.3 Å². The highest BCUT2D eigenvalue weighted by molar-refractivity contribution is 5.84. The van der Waals surface area contributed by atoms with E-state index >= 15 is 0 Å². The van der Waals surface area contributed by atoms with Crippen LogP contribution in [0.1, 0.15) is 24.2 Å². The lowest BCUT2D eigenvalue weighted by molar-refractivity contribution is 0.154. The number of hydrogen-bond donors (Lipinski definition) is 3. The van der Waals surface area contributed by atoms with Crippen LogP contribution >= 0.6 is 0 Å². The van der Waals surface area contributed by atoms with Crippen LogP contribution in [0.4, 0.5) is 0 Å². The Hall–Kier alpha value is -2.53. The Morgan fingerprint density at radius 3 is 2.41 bits per heavy atom. The molecule has 0 amide bonds. The van der Waals surface area contributed by atoms with Crippen molar-refractivity contribution in [3.8, 4) is 17.2 Å². The molecule has 5 heteroatoms. The SMILES string of the molecule is COc1cccc(C=N[C@H](C)[C@H](O)c2ccc(O)cc2)c1O. The molecule has 0 saturated heterocycles. The van der Waals surface area contributed by atoms with Crippen LogP contribution in [0.3, 0.4) is 0 Å². The van der Waals surface area contributed by atoms with Gasteiger partial charge in [0.2, 0.25) is 0 Å². The monoisotopic (exact) mass is 301 g/mol. The molecule has 2 rings (SSSR count). The summed E-state index contributed by atoms with van der Waals surface area (Å²) < 4.78 is 5.04. The molecule has 0 saturated carbocycles. The number of phenolic OH excluding ortho intramolecular Hbond substituents is 2. The minimum Gasteiger partial charge on any atom is -0.508 e. The van der Waals surface area contributed by atoms with Crippen LogP contribution in [0.15, 0.2) is 47.5 Å². The molecule has 0 aliphatic rings. The predicted octanol–water partition coefficient (Wildman–Crippen LogP) is 2.65. The summed E-state index contributed by atoms with van der Waals surface area (Å²) in [5.74, 6) is 0.532. The molecule has 0 aromatic heterocycles. The van der Waals surface area contributed by atoms with Gasteiger partial charge in [0, 0.05) is 11.8 Å². The Kier molecular flexibility index (Phi) is 5.01. The second-order valence-electron chi connectivity index (χ2n) is 4.95. The Morgan fingerprint density at radius 2 is 1.77 bits per heavy atom. The molecular formula is C17H19NO4. The topological polar surface area (TPSA) is 82.3 Å². The van der Waals surface area contributed by atoms with Crippen molar-refractivity contribution in [2.45, 2.75) is 19.1 Å². The highest BCUT2D eigenvalue weighted by atomic mass is 16.5. The Morgan fingerprint density at radius 1 is 1.09 bits per heavy atom. The lowest BCUT2D eigenvalue weighted by atomic mass is 10.0. The average Bonchev–Trinajstić information content (AvgIpc) is 2.53. The molecule has 2 atom stereocenters. The number of methoxy groups -OCH3 is 1. The van der Waals surface area contributed by atoms with Crippen LogP contribution in [0.2, 0.25) is 0 Å². The molecule has 0 radical (unpaired) electrons. The van der Waals surface area contributed by atoms with Crippen molar-refractivity contribution in [1.29, 1.82) is 0 Å². The summed E-state index contributed by atoms with van der Waals surface area (Å²) in [6, 6.07) is 11.0. The summed E-state index contributed by atoms with van der Waals surface area (Å²) in [6.45, 7) is 1.77. The lowest BCUT2D eigenvalue weighted by Gasteiger charge is -2.15. The average molecular weight is 301 g/mol. The van der Waals surface area contributed by atoms with Gasteiger partial charge < -0.3 is 20.1 Å². The van der Waals surface area contributed by atoms with Crippen LogP contribution in [0.25, 0.3) is 0 Å². The van der Waals surface area contributed by atoms with Crippen molar-refractivity contribution in [3.05, 3.63) is 53.6 Å². The van der Waals surface area contributed by atoms with E-state index in [0.717, 1.165) is 0 Å². The number of nitrogens with zero attached hydrogens (tertiary/aromatic N) is 1. The van der Waals surface area contributed by atoms with Crippen LogP contribution in [0, 0.1) is 0 Å². The first-order chi connectivity index (χ1) is 10.5. The van der Waals surface area contributed by atoms with Gasteiger partial charge in [-0.05, 0) is 36.8 Å². The number of aliphatic hydroxyl groups excluding tert-OH is 1. The first kappa shape index (κ1) is 15.9. The van der Waals surface area contributed by atoms with E-state index in [1.165, 1.54) is 25.5 Å². The highest BCUT2D eigenvalue weighted by Gasteiger charge is 2.15. The van der Waals surface area contributed by atoms with Gasteiger partial charge in [0.05, 0.1) is 13.2 Å². The van der Waals surface area contributed by atoms with Crippen LogP contribution in [-0.4, -0.2) is 34.7 Å². The third-order valence-corrected chi connectivity index (χ3v) is 3.39. The third-order valence-electron chi connectivity index (χ3n) is 3.39. The van der Waals surface area contributed by atoms with Crippen molar-refractivity contribution in [2.24, 2.45) is 4.99 Å². The molecule has 0 spiro atoms. The molecule has 2 aromatic rings. The first-order valence-electron chi connectivity index (χ1n) is 6.89. The van der Waals surface area contributed by atoms with Crippen LogP contribution in [0.5, 0.6) is 17.2 Å². The lowest BCUT2D eigenvalue weighted by Crippen LogP contribution is -2.12. The zero-order valence-corrected chi connectivity index (χ0v) is 12.5. The fraction of sp³-hybridized carbons (Fsp3) is 0.235. The van der Waals surface area contributed by atoms with E-state index in [-0.39, 0.29) is 11.5 Å². The molecule has 5 nitrogen and oxygen atoms in total. The van der Waals surface area contributed by atoms with Gasteiger partial charge in [-0.15, -0.1) is 0 Å². The maximum absolute atomic E-state index is 10.2. The number of rotatable bonds is 5. The number of ether oxygens (including phenoxy) is 1. The maximum atomic E-state index is 10.2. The summed E-state index contributed by atoms with van der Waals surface area (Å²) >= 11 is 0. The molecule has 116 valence electrons. The van der Waals surface area contributed by atoms with Crippen LogP contribution in [-0.2, 0) is 0 Å². The zero-order valence-electron chi connectivity index (χ0n) is 12.5. The predicted molar refractivity (Wildman–Crippen MR) is 84.8 cm³/mol. The van der Waals surface area contributed by atoms with Gasteiger partial charge in [0.25, 0.3) is 0 Å². The molecule has 0 aliphatic heterocycles. The number of phenols is 2. The number of para-hydroxylation sites is 1. The summed E-state index contributed by atoms with van der Waals surface area (Å²) in [7, 11) is 1.48. The van der Waals surface area contributed by atoms with Gasteiger partial charge in [-0.2, -0.15) is 0 Å². The quantitative estimate of drug-likeness (QED) is 0.741. The number of aromatic hydroxyl groups is 2. The van der Waals surface area contributed by atoms with Gasteiger partial charge in [-0.25, -0.2) is 0 Å². The molecule has 0 fully saturated rings. The molecule has 3 N–H and O–H groups in total. The van der Waals surface area contributed by atoms with E-state index in [1.807, 2.05) is 0 Å². The molecule has 22 heavy (non-hydrogen) atoms. The van der Waals surface area contributed by atoms with Gasteiger partial charge in [0.15, 0.2) is 11.5 Å². The van der Waals surface area contributed by atoms with E-state index in [4.69, 9.17) is 4.74 Å². The van der Waals surface area contributed by atoms with Crippen LogP contribution < -0.4 is 4.74 Å². The van der Waals surface area contributed by atoms with E-state index < -0.39 is 12.1 Å². The fourth-order valence-electron chi connectivity index (χ4n) is 2.04. The summed E-state index contributed by atoms with van der Waals surface area (Å²) in [5, 5.41) is 29.5. The third kappa shape index (κ3) is 3.56. The molecule has 0 aliphatic carbocycles. The van der Waals surface area contributed by atoms with Gasteiger partial charge in [0.1, 0.15) is 11.9 Å². The number of hydrogen-bond acceptors (Lipinski definition) is 5. The largest absolute Gasteiger partial charge is 0.508 e. The van der Waals surface area contributed by atoms with Crippen molar-refractivity contribution >= 4 is 6.21 Å². The normalized spacial score (nSPS) is 14.0. The standard InChI is InChI=1S/C17H19NO4/c1-11(16(20)12-6-8-14(19)9-7-12)18-10-13-4-3-5-15(22-2)17(13)21/h3-11,16,19-21H,1-2H3/t11-,16+/m1/s1. The molecule has 2 aromatic carbocycles. The summed E-state index contributed by atoms with van der Waals surface area (Å²) in [4.78, 5) is 4.28. The number of aliphatic hydroxyl groups is 1. The molecular weight excluding hydrogens is 282 g/mol. The van der Waals surface area contributed by atoms with Gasteiger partial charge in [-0.3, -0.25) is 4.99 Å². The van der Waals surface area contributed by atoms with Crippen molar-refractivity contribution < 1.29 is 20.1 Å². The van der Waals surface area contributed by atoms with Gasteiger partial charge in [-0.1, -0.05) is 18.2 Å². The molecule has 0 heterocycles. The summed E-state index contributed by atoms with van der Waals surface area (Å²) in [5.41, 5.74) is 1.18. The fourth-order valence-corrected chi connectivity index (χ4v) is 2.04. The van der Waals surface area contributed by atoms with E-state index in [9.17, 15) is 15.3 Å². The van der Waals surface area contributed by atoms with Crippen molar-refractivity contribution in [2.75, 3.05) is 7.11 Å². The summed E-state index contributed by atoms with van der Waals surface area (Å²) in [6.07, 6.45) is 0.705. The first-order valence-corrected chi connectivity index (χ1v) is 6.89. The molecule has 0 bridgehead atoms. The maximum Gasteiger partial charge on any atom is 0.166 e. The van der Waals surface area contributed by atoms with Crippen molar-refractivity contribution in [1.82, 2.24) is 0 Å². The second-order valence-corrected chi connectivity index (χ2v) is 4.95. The Labute approximate surface area is 129 Å². The zero-order chi connectivity index (χ0) is 16.1. The minimum absolute atomic E-state index is 0.0140. The second kappa shape index (κ2) is 6.95. The number of aliphatic imine (C=N–C) groups is 1. The highest BCUT2D eigenvalue weighted by Crippen LogP contribution is 2.28. The van der Waals surface area contributed by atoms with Gasteiger partial charge >= 0.3 is 0 Å². The van der Waals surface area contributed by atoms with E-state index in [2.05, 4.69) is 4.99 Å². The smallest absolute Gasteiger partial charge is 0.166 e. The number of benzene rings is 2. The van der Waals surface area contributed by atoms with Crippen molar-refractivity contribution in [3.63, 3.8) is 0 Å². The molecule has 0 unspecified atom stereocenters.